The highest BCUT2D eigenvalue weighted by atomic mass is 32.2. The number of ether oxygens (including phenoxy) is 3. The lowest BCUT2D eigenvalue weighted by atomic mass is 9.96. The average Bonchev–Trinajstić information content (AvgIpc) is 2.86. The van der Waals surface area contributed by atoms with Gasteiger partial charge in [0.1, 0.15) is 28.5 Å². The van der Waals surface area contributed by atoms with Crippen LogP contribution in [0.1, 0.15) is 21.5 Å². The Morgan fingerprint density at radius 2 is 1.61 bits per heavy atom. The molecule has 0 bridgehead atoms. The lowest BCUT2D eigenvalue weighted by Gasteiger charge is -2.17. The van der Waals surface area contributed by atoms with Crippen molar-refractivity contribution in [3.05, 3.63) is 59.2 Å². The Kier molecular flexibility index (Phi) is 7.39. The van der Waals surface area contributed by atoms with Gasteiger partial charge in [-0.15, -0.1) is 0 Å². The number of Topliss-reactive ketones (excluding diaryl/α,β-unsaturated/α-hetero) is 1. The van der Waals surface area contributed by atoms with Crippen LogP contribution in [0.5, 0.6) is 17.2 Å². The van der Waals surface area contributed by atoms with E-state index in [0.29, 0.717) is 28.4 Å². The summed E-state index contributed by atoms with van der Waals surface area (Å²) in [5.41, 5.74) is 7.54. The number of benzene rings is 2. The maximum absolute atomic E-state index is 12.6. The number of ketones is 1. The van der Waals surface area contributed by atoms with Crippen LogP contribution in [-0.4, -0.2) is 37.8 Å². The summed E-state index contributed by atoms with van der Waals surface area (Å²) in [6.45, 7) is 0. The zero-order chi connectivity index (χ0) is 24.0. The largest absolute Gasteiger partial charge is 0.493 e. The third-order valence-electron chi connectivity index (χ3n) is 4.80. The van der Waals surface area contributed by atoms with Gasteiger partial charge in [0.2, 0.25) is 5.75 Å². The number of rotatable bonds is 8. The van der Waals surface area contributed by atoms with Crippen LogP contribution in [-0.2, 0) is 0 Å². The second kappa shape index (κ2) is 10.4. The Hall–Kier alpha value is -4.21. The lowest BCUT2D eigenvalue weighted by molar-refractivity contribution is 0.102. The van der Waals surface area contributed by atoms with Gasteiger partial charge in [0, 0.05) is 11.1 Å². The van der Waals surface area contributed by atoms with Crippen LogP contribution in [0.15, 0.2) is 47.5 Å². The number of thioether (sulfide) groups is 1. The van der Waals surface area contributed by atoms with Crippen LogP contribution in [0, 0.1) is 22.7 Å². The van der Waals surface area contributed by atoms with Gasteiger partial charge in [0.25, 0.3) is 0 Å². The second-order valence-electron chi connectivity index (χ2n) is 6.64. The molecule has 0 atom stereocenters. The fourth-order valence-electron chi connectivity index (χ4n) is 3.26. The van der Waals surface area contributed by atoms with Crippen molar-refractivity contribution in [2.24, 2.45) is 0 Å². The number of nitrogen functional groups attached to an aromatic ring is 1. The van der Waals surface area contributed by atoms with Crippen LogP contribution < -0.4 is 19.9 Å². The van der Waals surface area contributed by atoms with Gasteiger partial charge >= 0.3 is 0 Å². The number of aromatic nitrogens is 1. The van der Waals surface area contributed by atoms with E-state index in [2.05, 4.69) is 11.1 Å². The molecule has 0 radical (unpaired) electrons. The van der Waals surface area contributed by atoms with Gasteiger partial charge in [0.15, 0.2) is 17.3 Å². The molecule has 0 aliphatic rings. The molecule has 0 saturated carbocycles. The van der Waals surface area contributed by atoms with E-state index in [1.807, 2.05) is 12.1 Å². The number of anilines is 1. The molecule has 0 aliphatic heterocycles. The van der Waals surface area contributed by atoms with Crippen LogP contribution >= 0.6 is 11.8 Å². The number of hydrogen-bond acceptors (Lipinski definition) is 9. The topological polar surface area (TPSA) is 131 Å². The zero-order valence-corrected chi connectivity index (χ0v) is 19.0. The third-order valence-corrected chi connectivity index (χ3v) is 5.78. The van der Waals surface area contributed by atoms with Crippen LogP contribution in [0.2, 0.25) is 0 Å². The van der Waals surface area contributed by atoms with Gasteiger partial charge in [-0.25, -0.2) is 4.98 Å². The van der Waals surface area contributed by atoms with Gasteiger partial charge < -0.3 is 19.9 Å². The standard InChI is InChI=1S/C24H20N4O4S/c1-30-19-9-15(10-20(31-2)22(19)32-3)21-16(11-25)23(27)28-24(17(21)12-26)33-13-18(29)14-7-5-4-6-8-14/h4-10H,13H2,1-3H3,(H2,27,28). The number of nitrogens with two attached hydrogens (primary N) is 1. The summed E-state index contributed by atoms with van der Waals surface area (Å²) in [5.74, 6) is 0.947. The molecule has 0 amide bonds. The van der Waals surface area contributed by atoms with Crippen LogP contribution in [0.25, 0.3) is 11.1 Å². The molecular weight excluding hydrogens is 440 g/mol. The first-order valence-electron chi connectivity index (χ1n) is 9.64. The highest BCUT2D eigenvalue weighted by molar-refractivity contribution is 8.00. The first kappa shape index (κ1) is 23.5. The fraction of sp³-hybridized carbons (Fsp3) is 0.167. The van der Waals surface area contributed by atoms with Crippen molar-refractivity contribution in [2.45, 2.75) is 5.03 Å². The maximum atomic E-state index is 12.6. The molecule has 0 fully saturated rings. The molecule has 33 heavy (non-hydrogen) atoms. The molecule has 3 aromatic rings. The molecule has 0 unspecified atom stereocenters. The zero-order valence-electron chi connectivity index (χ0n) is 18.2. The predicted octanol–water partition coefficient (Wildman–Crippen LogP) is 4.07. The van der Waals surface area contributed by atoms with E-state index in [9.17, 15) is 15.3 Å². The molecule has 8 nitrogen and oxygen atoms in total. The van der Waals surface area contributed by atoms with Crippen molar-refractivity contribution in [1.82, 2.24) is 4.98 Å². The van der Waals surface area contributed by atoms with E-state index in [4.69, 9.17) is 19.9 Å². The first-order valence-corrected chi connectivity index (χ1v) is 10.6. The second-order valence-corrected chi connectivity index (χ2v) is 7.61. The van der Waals surface area contributed by atoms with Crippen molar-refractivity contribution >= 4 is 23.4 Å². The van der Waals surface area contributed by atoms with Crippen molar-refractivity contribution in [3.63, 3.8) is 0 Å². The Morgan fingerprint density at radius 3 is 2.12 bits per heavy atom. The lowest BCUT2D eigenvalue weighted by Crippen LogP contribution is -2.06. The number of hydrogen-bond donors (Lipinski definition) is 1. The minimum absolute atomic E-state index is 0.0413. The molecule has 9 heteroatoms. The molecular formula is C24H20N4O4S. The van der Waals surface area contributed by atoms with E-state index in [0.717, 1.165) is 11.8 Å². The average molecular weight is 461 g/mol. The summed E-state index contributed by atoms with van der Waals surface area (Å²) in [6.07, 6.45) is 0. The molecule has 0 saturated heterocycles. The van der Waals surface area contributed by atoms with Gasteiger partial charge in [0.05, 0.1) is 32.6 Å². The highest BCUT2D eigenvalue weighted by Crippen LogP contribution is 2.44. The SMILES string of the molecule is COc1cc(-c2c(C#N)c(N)nc(SCC(=O)c3ccccc3)c2C#N)cc(OC)c1OC. The number of carbonyl (C=O) groups is 1. The Labute approximate surface area is 195 Å². The number of methoxy groups -OCH3 is 3. The maximum Gasteiger partial charge on any atom is 0.203 e. The molecule has 0 aliphatic carbocycles. The summed E-state index contributed by atoms with van der Waals surface area (Å²) >= 11 is 1.08. The fourth-order valence-corrected chi connectivity index (χ4v) is 4.15. The Balaban J connectivity index is 2.15. The van der Waals surface area contributed by atoms with Gasteiger partial charge in [-0.05, 0) is 17.7 Å². The Morgan fingerprint density at radius 1 is 1.00 bits per heavy atom. The number of nitrogens with zero attached hydrogens (tertiary/aromatic N) is 3. The molecule has 0 spiro atoms. The van der Waals surface area contributed by atoms with E-state index in [1.54, 1.807) is 36.4 Å². The minimum Gasteiger partial charge on any atom is -0.493 e. The summed E-state index contributed by atoms with van der Waals surface area (Å²) in [4.78, 5) is 16.8. The van der Waals surface area contributed by atoms with Crippen molar-refractivity contribution in [3.8, 4) is 40.5 Å². The normalized spacial score (nSPS) is 10.1. The summed E-state index contributed by atoms with van der Waals surface area (Å²) in [6, 6.07) is 16.2. The van der Waals surface area contributed by atoms with Gasteiger partial charge in [-0.3, -0.25) is 4.79 Å². The minimum atomic E-state index is -0.122. The van der Waals surface area contributed by atoms with Crippen molar-refractivity contribution in [1.29, 1.82) is 10.5 Å². The van der Waals surface area contributed by atoms with Crippen molar-refractivity contribution in [2.75, 3.05) is 32.8 Å². The summed E-state index contributed by atoms with van der Waals surface area (Å²) < 4.78 is 16.2. The molecule has 3 rings (SSSR count). The molecule has 166 valence electrons. The molecule has 1 aromatic heterocycles. The molecule has 2 N–H and O–H groups in total. The predicted molar refractivity (Wildman–Crippen MR) is 125 cm³/mol. The van der Waals surface area contributed by atoms with Crippen LogP contribution in [0.3, 0.4) is 0 Å². The highest BCUT2D eigenvalue weighted by Gasteiger charge is 2.24. The first-order chi connectivity index (χ1) is 16.0. The van der Waals surface area contributed by atoms with E-state index >= 15 is 0 Å². The number of carbonyl (C=O) groups excluding carboxylic acids is 1. The number of nitriles is 2. The van der Waals surface area contributed by atoms with E-state index < -0.39 is 0 Å². The smallest absolute Gasteiger partial charge is 0.203 e. The summed E-state index contributed by atoms with van der Waals surface area (Å²) in [5, 5.41) is 20.0. The third kappa shape index (κ3) is 4.69. The number of pyridine rings is 1. The van der Waals surface area contributed by atoms with Crippen molar-refractivity contribution < 1.29 is 19.0 Å². The van der Waals surface area contributed by atoms with Crippen LogP contribution in [0.4, 0.5) is 5.82 Å². The van der Waals surface area contributed by atoms with E-state index in [-0.39, 0.29) is 39.1 Å². The monoisotopic (exact) mass is 460 g/mol. The Bertz CT molecular complexity index is 1260. The van der Waals surface area contributed by atoms with Gasteiger partial charge in [-0.2, -0.15) is 10.5 Å². The quantitative estimate of drug-likeness (QED) is 0.390. The molecule has 1 heterocycles. The molecule has 2 aromatic carbocycles. The van der Waals surface area contributed by atoms with Gasteiger partial charge in [-0.1, -0.05) is 42.1 Å². The van der Waals surface area contributed by atoms with E-state index in [1.165, 1.54) is 21.3 Å². The summed E-state index contributed by atoms with van der Waals surface area (Å²) in [7, 11) is 4.41.